The van der Waals surface area contributed by atoms with Gasteiger partial charge in [-0.1, -0.05) is 72.8 Å². The monoisotopic (exact) mass is 825 g/mol. The third kappa shape index (κ3) is 9.36. The molecule has 0 unspecified atom stereocenters. The molecule has 12 nitrogen and oxygen atoms in total. The summed E-state index contributed by atoms with van der Waals surface area (Å²) in [5.41, 5.74) is 7.41. The van der Waals surface area contributed by atoms with Gasteiger partial charge in [0, 0.05) is 19.3 Å². The van der Waals surface area contributed by atoms with Crippen LogP contribution in [0.2, 0.25) is 0 Å². The van der Waals surface area contributed by atoms with Crippen LogP contribution in [-0.2, 0) is 47.0 Å². The molecular formula is C49H51N3O9. The van der Waals surface area contributed by atoms with E-state index in [4.69, 9.17) is 9.47 Å². The van der Waals surface area contributed by atoms with Gasteiger partial charge in [0.25, 0.3) is 0 Å². The van der Waals surface area contributed by atoms with E-state index in [0.29, 0.717) is 57.5 Å². The molecule has 61 heavy (non-hydrogen) atoms. The highest BCUT2D eigenvalue weighted by atomic mass is 16.5. The predicted octanol–water partition coefficient (Wildman–Crippen LogP) is 6.58. The lowest BCUT2D eigenvalue weighted by Crippen LogP contribution is -2.46. The van der Waals surface area contributed by atoms with Gasteiger partial charge in [0.2, 0.25) is 17.2 Å². The van der Waals surface area contributed by atoms with Gasteiger partial charge in [0.1, 0.15) is 24.0 Å². The molecule has 0 saturated carbocycles. The number of hydrogen-bond donors (Lipinski definition) is 6. The zero-order valence-corrected chi connectivity index (χ0v) is 34.7. The van der Waals surface area contributed by atoms with Crippen molar-refractivity contribution in [2.24, 2.45) is 0 Å². The quantitative estimate of drug-likeness (QED) is 0.0810. The molecule has 2 aliphatic rings. The second kappa shape index (κ2) is 18.1. The summed E-state index contributed by atoms with van der Waals surface area (Å²) in [6.07, 6.45) is 0.0691. The number of alkyl carbamates (subject to hydrolysis) is 1. The van der Waals surface area contributed by atoms with Crippen LogP contribution in [0.1, 0.15) is 90.6 Å². The summed E-state index contributed by atoms with van der Waals surface area (Å²) < 4.78 is 11.8. The molecule has 0 aliphatic heterocycles. The molecule has 6 N–H and O–H groups in total. The number of nitrogens with one attached hydrogen (secondary N) is 3. The molecule has 2 aliphatic carbocycles. The SMILES string of the molecule is CC(=O)N[C@H]1CCc2cc(CO)c(CO)c(CO)c2-c2ccc(NC(=O)[C@H](Cc3ccc(OC(C)(C)C)cc3)NC(=O)OCC3c4ccccc4-c4ccccc43)c(=O)cc21. The van der Waals surface area contributed by atoms with Gasteiger partial charge in [-0.3, -0.25) is 14.4 Å². The van der Waals surface area contributed by atoms with Crippen LogP contribution in [0.25, 0.3) is 22.3 Å². The summed E-state index contributed by atoms with van der Waals surface area (Å²) in [6.45, 7) is 5.96. The van der Waals surface area contributed by atoms with Gasteiger partial charge in [-0.05, 0) is 125 Å². The number of anilines is 1. The van der Waals surface area contributed by atoms with Crippen LogP contribution in [0.5, 0.6) is 5.75 Å². The Bertz CT molecular complexity index is 2480. The number of carbonyl (C=O) groups excluding carboxylic acids is 3. The van der Waals surface area contributed by atoms with E-state index in [-0.39, 0.29) is 37.1 Å². The molecule has 2 atom stereocenters. The van der Waals surface area contributed by atoms with Gasteiger partial charge < -0.3 is 40.7 Å². The average Bonchev–Trinajstić information content (AvgIpc) is 3.37. The van der Waals surface area contributed by atoms with Crippen molar-refractivity contribution in [1.29, 1.82) is 0 Å². The molecule has 0 radical (unpaired) electrons. The molecule has 0 heterocycles. The average molecular weight is 826 g/mol. The lowest BCUT2D eigenvalue weighted by Gasteiger charge is -2.22. The van der Waals surface area contributed by atoms with E-state index < -0.39 is 48.3 Å². The predicted molar refractivity (Wildman–Crippen MR) is 232 cm³/mol. The van der Waals surface area contributed by atoms with Gasteiger partial charge in [0.15, 0.2) is 0 Å². The fraction of sp³-hybridized carbons (Fsp3) is 0.306. The molecule has 5 aromatic carbocycles. The van der Waals surface area contributed by atoms with E-state index >= 15 is 0 Å². The number of aryl methyl sites for hydroxylation is 1. The van der Waals surface area contributed by atoms with Gasteiger partial charge in [0.05, 0.1) is 31.5 Å². The lowest BCUT2D eigenvalue weighted by molar-refractivity contribution is -0.120. The molecule has 0 bridgehead atoms. The zero-order valence-electron chi connectivity index (χ0n) is 34.7. The van der Waals surface area contributed by atoms with Crippen molar-refractivity contribution in [2.75, 3.05) is 11.9 Å². The Labute approximate surface area is 354 Å². The maximum Gasteiger partial charge on any atom is 0.407 e. The number of benzene rings is 4. The zero-order chi connectivity index (χ0) is 43.4. The fourth-order valence-corrected chi connectivity index (χ4v) is 8.56. The highest BCUT2D eigenvalue weighted by Gasteiger charge is 2.31. The largest absolute Gasteiger partial charge is 0.488 e. The van der Waals surface area contributed by atoms with Crippen LogP contribution in [0.15, 0.2) is 102 Å². The van der Waals surface area contributed by atoms with Crippen molar-refractivity contribution in [1.82, 2.24) is 10.6 Å². The van der Waals surface area contributed by atoms with E-state index in [1.54, 1.807) is 36.4 Å². The molecular weight excluding hydrogens is 775 g/mol. The number of aliphatic hydroxyl groups excluding tert-OH is 3. The molecule has 5 aromatic rings. The van der Waals surface area contributed by atoms with Crippen LogP contribution >= 0.6 is 0 Å². The molecule has 7 rings (SSSR count). The van der Waals surface area contributed by atoms with Crippen LogP contribution in [0.3, 0.4) is 0 Å². The first kappa shape index (κ1) is 42.8. The molecule has 316 valence electrons. The first-order valence-corrected chi connectivity index (χ1v) is 20.4. The maximum absolute atomic E-state index is 14.3. The van der Waals surface area contributed by atoms with E-state index in [1.807, 2.05) is 69.3 Å². The van der Waals surface area contributed by atoms with E-state index in [0.717, 1.165) is 27.8 Å². The molecule has 0 saturated heterocycles. The van der Waals surface area contributed by atoms with E-state index in [9.17, 15) is 34.5 Å². The Kier molecular flexibility index (Phi) is 12.7. The Morgan fingerprint density at radius 2 is 1.44 bits per heavy atom. The number of amides is 3. The van der Waals surface area contributed by atoms with Crippen LogP contribution in [0.4, 0.5) is 10.5 Å². The Morgan fingerprint density at radius 3 is 2.05 bits per heavy atom. The van der Waals surface area contributed by atoms with Gasteiger partial charge in [-0.15, -0.1) is 0 Å². The van der Waals surface area contributed by atoms with Crippen molar-refractivity contribution in [3.8, 4) is 28.0 Å². The lowest BCUT2D eigenvalue weighted by atomic mass is 9.87. The first-order chi connectivity index (χ1) is 29.3. The van der Waals surface area contributed by atoms with Gasteiger partial charge in [-0.25, -0.2) is 4.79 Å². The third-order valence-electron chi connectivity index (χ3n) is 11.2. The number of aliphatic hydroxyl groups is 3. The number of rotatable bonds is 12. The summed E-state index contributed by atoms with van der Waals surface area (Å²) >= 11 is 0. The van der Waals surface area contributed by atoms with Gasteiger partial charge >= 0.3 is 6.09 Å². The fourth-order valence-electron chi connectivity index (χ4n) is 8.56. The topological polar surface area (TPSA) is 184 Å². The second-order valence-corrected chi connectivity index (χ2v) is 16.5. The van der Waals surface area contributed by atoms with Crippen LogP contribution in [0, 0.1) is 0 Å². The van der Waals surface area contributed by atoms with E-state index in [2.05, 4.69) is 16.0 Å². The minimum atomic E-state index is -1.19. The normalized spacial score (nSPS) is 14.6. The molecule has 0 spiro atoms. The Morgan fingerprint density at radius 1 is 0.787 bits per heavy atom. The van der Waals surface area contributed by atoms with Crippen molar-refractivity contribution in [3.63, 3.8) is 0 Å². The second-order valence-electron chi connectivity index (χ2n) is 16.5. The Hall–Kier alpha value is -6.34. The highest BCUT2D eigenvalue weighted by molar-refractivity contribution is 5.97. The molecule has 3 amide bonds. The summed E-state index contributed by atoms with van der Waals surface area (Å²) in [7, 11) is 0. The minimum absolute atomic E-state index is 0.0301. The minimum Gasteiger partial charge on any atom is -0.488 e. The van der Waals surface area contributed by atoms with Crippen LogP contribution in [-0.4, -0.2) is 51.5 Å². The van der Waals surface area contributed by atoms with Crippen molar-refractivity contribution < 1.29 is 39.2 Å². The Balaban J connectivity index is 1.20. The van der Waals surface area contributed by atoms with E-state index in [1.165, 1.54) is 19.1 Å². The summed E-state index contributed by atoms with van der Waals surface area (Å²) in [5.74, 6) is -0.558. The number of fused-ring (bicyclic) bond motifs is 6. The maximum atomic E-state index is 14.3. The summed E-state index contributed by atoms with van der Waals surface area (Å²) in [6, 6.07) is 27.6. The van der Waals surface area contributed by atoms with Gasteiger partial charge in [-0.2, -0.15) is 0 Å². The van der Waals surface area contributed by atoms with Crippen molar-refractivity contribution >= 4 is 23.6 Å². The molecule has 0 fully saturated rings. The number of hydrogen-bond acceptors (Lipinski definition) is 9. The smallest absolute Gasteiger partial charge is 0.407 e. The summed E-state index contributed by atoms with van der Waals surface area (Å²) in [5, 5.41) is 39.5. The molecule has 12 heteroatoms. The number of carbonyl (C=O) groups is 3. The van der Waals surface area contributed by atoms with Crippen LogP contribution < -0.4 is 26.1 Å². The highest BCUT2D eigenvalue weighted by Crippen LogP contribution is 2.45. The standard InChI is InChI=1S/C49H51N3O9/c1-28(56)50-42-19-15-30-22-31(24-53)39(25-54)40(26-55)46(30)37-18-20-43(45(57)23-38(37)42)51-47(58)44(21-29-13-16-32(17-14-29)61-49(2,3)4)52-48(59)60-27-41-35-11-7-5-9-33(35)34-10-6-8-12-36(34)41/h5-14,16-18,20,22-23,41-42,44,53-55H,15,19,21,24-27H2,1-4H3,(H,50,56)(H,52,59)(H,51,57,58)/t42-,44-/m0/s1. The molecule has 0 aromatic heterocycles. The summed E-state index contributed by atoms with van der Waals surface area (Å²) in [4.78, 5) is 54.4. The number of ether oxygens (including phenoxy) is 2. The third-order valence-corrected chi connectivity index (χ3v) is 11.2. The van der Waals surface area contributed by atoms with Crippen molar-refractivity contribution in [3.05, 3.63) is 152 Å². The van der Waals surface area contributed by atoms with Crippen molar-refractivity contribution in [2.45, 2.75) is 90.4 Å². The first-order valence-electron chi connectivity index (χ1n) is 20.4.